The minimum Gasteiger partial charge on any atom is -0.481 e. The van der Waals surface area contributed by atoms with Crippen LogP contribution in [-0.2, 0) is 14.3 Å². The lowest BCUT2D eigenvalue weighted by Crippen LogP contribution is -2.66. The summed E-state index contributed by atoms with van der Waals surface area (Å²) in [5.74, 6) is 0.791. The molecule has 4 heteroatoms. The highest BCUT2D eigenvalue weighted by Gasteiger charge is 2.70. The fourth-order valence-electron chi connectivity index (χ4n) is 11.1. The summed E-state index contributed by atoms with van der Waals surface area (Å²) < 4.78 is 5.88. The fourth-order valence-corrected chi connectivity index (χ4v) is 11.1. The first kappa shape index (κ1) is 26.3. The maximum atomic E-state index is 12.8. The smallest absolute Gasteiger partial charge is 0.313 e. The highest BCUT2D eigenvalue weighted by molar-refractivity contribution is 5.80. The van der Waals surface area contributed by atoms with Crippen molar-refractivity contribution in [1.82, 2.24) is 0 Å². The average Bonchev–Trinajstić information content (AvgIpc) is 2.75. The van der Waals surface area contributed by atoms with Crippen molar-refractivity contribution in [3.8, 4) is 0 Å². The van der Waals surface area contributed by atoms with Crippen LogP contribution >= 0.6 is 0 Å². The Kier molecular flexibility index (Phi) is 5.74. The number of rotatable bonds is 2. The van der Waals surface area contributed by atoms with Crippen LogP contribution in [-0.4, -0.2) is 23.1 Å². The van der Waals surface area contributed by atoms with Crippen molar-refractivity contribution in [2.45, 2.75) is 126 Å². The van der Waals surface area contributed by atoms with Gasteiger partial charge in [0.15, 0.2) is 0 Å². The van der Waals surface area contributed by atoms with Gasteiger partial charge < -0.3 is 9.84 Å². The quantitative estimate of drug-likeness (QED) is 0.311. The number of carbonyl (C=O) groups excluding carboxylic acids is 1. The molecule has 5 aliphatic rings. The number of carboxylic acids is 1. The van der Waals surface area contributed by atoms with E-state index in [0.29, 0.717) is 17.8 Å². The molecule has 0 aromatic rings. The molecule has 0 spiro atoms. The average molecular weight is 499 g/mol. The van der Waals surface area contributed by atoms with Crippen LogP contribution in [0.5, 0.6) is 0 Å². The lowest BCUT2D eigenvalue weighted by atomic mass is 9.32. The van der Waals surface area contributed by atoms with E-state index in [9.17, 15) is 14.7 Å². The fraction of sp³-hybridized carbons (Fsp3) is 0.875. The number of ether oxygens (including phenoxy) is 1. The van der Waals surface area contributed by atoms with E-state index in [1.165, 1.54) is 24.8 Å². The lowest BCUT2D eigenvalue weighted by Gasteiger charge is -2.72. The maximum Gasteiger partial charge on any atom is 0.313 e. The van der Waals surface area contributed by atoms with Crippen LogP contribution in [0.2, 0.25) is 0 Å². The molecule has 36 heavy (non-hydrogen) atoms. The van der Waals surface area contributed by atoms with E-state index < -0.39 is 11.4 Å². The molecule has 0 aromatic heterocycles. The Balaban J connectivity index is 1.54. The zero-order chi connectivity index (χ0) is 26.5. The van der Waals surface area contributed by atoms with Gasteiger partial charge in [-0.2, -0.15) is 0 Å². The van der Waals surface area contributed by atoms with Gasteiger partial charge in [-0.15, -0.1) is 0 Å². The predicted octanol–water partition coefficient (Wildman–Crippen LogP) is 7.80. The second-order valence-electron chi connectivity index (χ2n) is 15.5. The van der Waals surface area contributed by atoms with Crippen molar-refractivity contribution < 1.29 is 19.4 Å². The largest absolute Gasteiger partial charge is 0.481 e. The molecule has 4 saturated carbocycles. The van der Waals surface area contributed by atoms with E-state index in [0.717, 1.165) is 44.9 Å². The number of fused-ring (bicyclic) bond motifs is 7. The van der Waals surface area contributed by atoms with Gasteiger partial charge in [-0.25, -0.2) is 0 Å². The summed E-state index contributed by atoms with van der Waals surface area (Å²) in [6, 6.07) is 0. The topological polar surface area (TPSA) is 63.6 Å². The third kappa shape index (κ3) is 3.30. The van der Waals surface area contributed by atoms with Crippen molar-refractivity contribution in [3.63, 3.8) is 0 Å². The zero-order valence-corrected chi connectivity index (χ0v) is 24.1. The number of esters is 1. The highest BCUT2D eigenvalue weighted by atomic mass is 16.5. The molecule has 202 valence electrons. The van der Waals surface area contributed by atoms with E-state index >= 15 is 0 Å². The molecule has 0 amide bonds. The van der Waals surface area contributed by atoms with Crippen LogP contribution in [0.1, 0.15) is 120 Å². The molecule has 0 aromatic carbocycles. The number of hydrogen-bond acceptors (Lipinski definition) is 3. The summed E-state index contributed by atoms with van der Waals surface area (Å²) in [7, 11) is 0. The van der Waals surface area contributed by atoms with Crippen LogP contribution < -0.4 is 0 Å². The van der Waals surface area contributed by atoms with Crippen LogP contribution in [0.3, 0.4) is 0 Å². The third-order valence-corrected chi connectivity index (χ3v) is 13.3. The summed E-state index contributed by atoms with van der Waals surface area (Å²) in [5.41, 5.74) is 1.23. The molecular weight excluding hydrogens is 448 g/mol. The van der Waals surface area contributed by atoms with Gasteiger partial charge in [0, 0.05) is 12.3 Å². The van der Waals surface area contributed by atoms with E-state index in [1.54, 1.807) is 6.92 Å². The summed E-state index contributed by atoms with van der Waals surface area (Å²) in [4.78, 5) is 24.7. The third-order valence-electron chi connectivity index (χ3n) is 13.3. The molecule has 0 saturated heterocycles. The van der Waals surface area contributed by atoms with Crippen molar-refractivity contribution in [2.75, 3.05) is 0 Å². The zero-order valence-electron chi connectivity index (χ0n) is 24.1. The van der Waals surface area contributed by atoms with E-state index in [-0.39, 0.29) is 39.1 Å². The van der Waals surface area contributed by atoms with Gasteiger partial charge in [-0.3, -0.25) is 9.59 Å². The minimum atomic E-state index is -0.645. The Morgan fingerprint density at radius 2 is 1.47 bits per heavy atom. The molecule has 1 N–H and O–H groups in total. The van der Waals surface area contributed by atoms with Gasteiger partial charge in [0.1, 0.15) is 6.10 Å². The first-order valence-electron chi connectivity index (χ1n) is 14.7. The molecule has 0 bridgehead atoms. The molecule has 0 unspecified atom stereocenters. The Labute approximate surface area is 219 Å². The van der Waals surface area contributed by atoms with Crippen molar-refractivity contribution in [3.05, 3.63) is 11.6 Å². The molecule has 5 aliphatic carbocycles. The van der Waals surface area contributed by atoms with Gasteiger partial charge in [-0.1, -0.05) is 60.1 Å². The normalized spacial score (nSPS) is 48.8. The van der Waals surface area contributed by atoms with E-state index in [1.807, 2.05) is 0 Å². The molecule has 8 atom stereocenters. The second kappa shape index (κ2) is 7.85. The van der Waals surface area contributed by atoms with Gasteiger partial charge in [-0.05, 0) is 104 Å². The monoisotopic (exact) mass is 498 g/mol. The first-order valence-corrected chi connectivity index (χ1v) is 14.7. The van der Waals surface area contributed by atoms with E-state index in [2.05, 4.69) is 54.5 Å². The minimum absolute atomic E-state index is 0.00449. The van der Waals surface area contributed by atoms with Gasteiger partial charge in [0.05, 0.1) is 5.41 Å². The molecule has 4 nitrogen and oxygen atoms in total. The molecule has 0 radical (unpaired) electrons. The summed E-state index contributed by atoms with van der Waals surface area (Å²) in [5, 5.41) is 10.5. The Bertz CT molecular complexity index is 992. The van der Waals surface area contributed by atoms with Crippen LogP contribution in [0.25, 0.3) is 0 Å². The Morgan fingerprint density at radius 1 is 0.806 bits per heavy atom. The number of carboxylic acid groups (broad SMARTS) is 1. The summed E-state index contributed by atoms with van der Waals surface area (Å²) in [6.07, 6.45) is 12.7. The molecule has 4 fully saturated rings. The lowest BCUT2D eigenvalue weighted by molar-refractivity contribution is -0.233. The summed E-state index contributed by atoms with van der Waals surface area (Å²) >= 11 is 0. The first-order chi connectivity index (χ1) is 16.5. The molecule has 0 heterocycles. The van der Waals surface area contributed by atoms with Crippen molar-refractivity contribution in [1.29, 1.82) is 0 Å². The number of hydrogen-bond donors (Lipinski definition) is 1. The molecule has 5 rings (SSSR count). The maximum absolute atomic E-state index is 12.8. The van der Waals surface area contributed by atoms with Crippen LogP contribution in [0.15, 0.2) is 11.6 Å². The predicted molar refractivity (Wildman–Crippen MR) is 142 cm³/mol. The summed E-state index contributed by atoms with van der Waals surface area (Å²) in [6.45, 7) is 18.5. The van der Waals surface area contributed by atoms with Gasteiger partial charge in [0.25, 0.3) is 0 Å². The van der Waals surface area contributed by atoms with Crippen LogP contribution in [0.4, 0.5) is 0 Å². The Morgan fingerprint density at radius 3 is 2.11 bits per heavy atom. The van der Waals surface area contributed by atoms with Gasteiger partial charge in [0.2, 0.25) is 0 Å². The van der Waals surface area contributed by atoms with Crippen molar-refractivity contribution in [2.24, 2.45) is 50.2 Å². The number of aliphatic carboxylic acids is 1. The number of allylic oxidation sites excluding steroid dienone is 1. The Hall–Kier alpha value is -1.32. The number of carbonyl (C=O) groups is 2. The van der Waals surface area contributed by atoms with Gasteiger partial charge >= 0.3 is 11.9 Å². The van der Waals surface area contributed by atoms with Crippen molar-refractivity contribution >= 4 is 11.9 Å². The highest BCUT2D eigenvalue weighted by Crippen LogP contribution is 2.76. The van der Waals surface area contributed by atoms with Crippen LogP contribution in [0, 0.1) is 50.2 Å². The molecular formula is C32H50O4. The SMILES string of the molecule is CC(=O)O[C@H]1CC[C@@]2(C)[C@H](CC[C@]3(C)[C@H]2CC[C@@H]2C4=CC(C)(C)CC[C@]4(C(=O)O)CC[C@]23C)C1(C)C. The second-order valence-corrected chi connectivity index (χ2v) is 15.5. The van der Waals surface area contributed by atoms with E-state index in [4.69, 9.17) is 4.74 Å². The standard InChI is InChI=1S/C32H50O4/c1-20(33)36-25-12-13-29(6)23(28(25,4)5)11-14-31(8)24(29)10-9-21-22-19-27(2,3)15-17-32(22,26(34)35)18-16-30(21,31)7/h19,21,23-25H,9-18H2,1-8H3,(H,34,35)/t21-,23-,24+,25+,29+,30-,31-,32+/m1/s1. The molecule has 0 aliphatic heterocycles.